The highest BCUT2D eigenvalue weighted by Gasteiger charge is 2.08. The van der Waals surface area contributed by atoms with Crippen LogP contribution < -0.4 is 9.47 Å². The smallest absolute Gasteiger partial charge is 0.119 e. The van der Waals surface area contributed by atoms with Gasteiger partial charge in [0.1, 0.15) is 24.7 Å². The molecule has 7 rings (SSSR count). The lowest BCUT2D eigenvalue weighted by atomic mass is 9.99. The summed E-state index contributed by atoms with van der Waals surface area (Å²) in [7, 11) is 0. The van der Waals surface area contributed by atoms with E-state index < -0.39 is 0 Å². The molecule has 0 aliphatic carbocycles. The first-order chi connectivity index (χ1) is 25.8. The minimum absolute atomic E-state index is 0.462. The largest absolute Gasteiger partial charge is 0.489 e. The maximum absolute atomic E-state index is 6.14. The molecule has 0 spiro atoms. The van der Waals surface area contributed by atoms with Crippen molar-refractivity contribution in [1.82, 2.24) is 0 Å². The van der Waals surface area contributed by atoms with Crippen molar-refractivity contribution in [3.63, 3.8) is 0 Å². The van der Waals surface area contributed by atoms with Crippen LogP contribution in [0.15, 0.2) is 204 Å². The van der Waals surface area contributed by atoms with Gasteiger partial charge in [0.15, 0.2) is 0 Å². The summed E-state index contributed by atoms with van der Waals surface area (Å²) in [4.78, 5) is 9.19. The first-order valence-electron chi connectivity index (χ1n) is 17.2. The zero-order valence-corrected chi connectivity index (χ0v) is 28.6. The third kappa shape index (κ3) is 9.18. The number of hydrogen-bond donors (Lipinski definition) is 0. The van der Waals surface area contributed by atoms with Crippen LogP contribution in [-0.2, 0) is 13.2 Å². The molecule has 0 bridgehead atoms. The van der Waals surface area contributed by atoms with Crippen molar-refractivity contribution in [2.24, 2.45) is 9.98 Å². The Balaban J connectivity index is 0.961. The summed E-state index contributed by atoms with van der Waals surface area (Å²) < 4.78 is 12.3. The van der Waals surface area contributed by atoms with E-state index in [9.17, 15) is 0 Å². The summed E-state index contributed by atoms with van der Waals surface area (Å²) >= 11 is 0. The molecular formula is C48H36N2O2. The second kappa shape index (κ2) is 17.1. The van der Waals surface area contributed by atoms with Gasteiger partial charge in [0.05, 0.1) is 22.5 Å². The zero-order valence-electron chi connectivity index (χ0n) is 28.6. The summed E-state index contributed by atoms with van der Waals surface area (Å²) in [6.45, 7) is 0.924. The molecule has 7 aromatic rings. The van der Waals surface area contributed by atoms with Crippen molar-refractivity contribution in [2.75, 3.05) is 0 Å². The van der Waals surface area contributed by atoms with Gasteiger partial charge < -0.3 is 9.47 Å². The van der Waals surface area contributed by atoms with Crippen LogP contribution in [0.4, 0.5) is 11.4 Å². The van der Waals surface area contributed by atoms with E-state index in [4.69, 9.17) is 9.47 Å². The lowest BCUT2D eigenvalue weighted by molar-refractivity contribution is 0.302. The molecule has 0 saturated carbocycles. The molecule has 7 aromatic carbocycles. The molecule has 0 amide bonds. The van der Waals surface area contributed by atoms with Gasteiger partial charge in [0.25, 0.3) is 0 Å². The Bertz CT molecular complexity index is 2140. The van der Waals surface area contributed by atoms with E-state index >= 15 is 0 Å². The Hall–Kier alpha value is -6.96. The number of para-hydroxylation sites is 2. The topological polar surface area (TPSA) is 43.2 Å². The van der Waals surface area contributed by atoms with E-state index in [1.54, 1.807) is 0 Å². The van der Waals surface area contributed by atoms with E-state index in [1.165, 1.54) is 0 Å². The molecule has 4 heteroatoms. The molecular weight excluding hydrogens is 637 g/mol. The van der Waals surface area contributed by atoms with Crippen molar-refractivity contribution in [2.45, 2.75) is 13.2 Å². The summed E-state index contributed by atoms with van der Waals surface area (Å²) in [5.74, 6) is 8.15. The monoisotopic (exact) mass is 672 g/mol. The average Bonchev–Trinajstić information content (AvgIpc) is 3.22. The third-order valence-corrected chi connectivity index (χ3v) is 8.35. The fourth-order valence-corrected chi connectivity index (χ4v) is 5.55. The van der Waals surface area contributed by atoms with E-state index in [2.05, 4.69) is 94.5 Å². The molecule has 0 radical (unpaired) electrons. The Morgan fingerprint density at radius 2 is 0.654 bits per heavy atom. The molecule has 0 heterocycles. The molecule has 0 fully saturated rings. The summed E-state index contributed by atoms with van der Waals surface area (Å²) in [5, 5.41) is 0. The standard InChI is InChI=1S/C48H36N2O2/c1-5-13-39(14-6-1)47(33-49-43-17-9-3-10-18-43)41-25-29-45(30-26-41)51-35-37-21-23-38(24-22-37)36-52-46-31-27-42(28-32-46)48(40-15-7-2-8-16-40)34-50-44-19-11-4-12-20-44/h1-32H,35-36H2. The molecule has 0 N–H and O–H groups in total. The van der Waals surface area contributed by atoms with Crippen LogP contribution >= 0.6 is 0 Å². The second-order valence-corrected chi connectivity index (χ2v) is 12.0. The molecule has 0 unspecified atom stereocenters. The van der Waals surface area contributed by atoms with Crippen molar-refractivity contribution >= 4 is 34.3 Å². The highest BCUT2D eigenvalue weighted by atomic mass is 16.5. The zero-order chi connectivity index (χ0) is 35.2. The molecule has 0 aliphatic rings. The van der Waals surface area contributed by atoms with Crippen molar-refractivity contribution in [3.05, 3.63) is 228 Å². The van der Waals surface area contributed by atoms with Gasteiger partial charge in [0.2, 0.25) is 0 Å². The van der Waals surface area contributed by atoms with Gasteiger partial charge in [-0.05, 0) is 118 Å². The van der Waals surface area contributed by atoms with Gasteiger partial charge >= 0.3 is 0 Å². The van der Waals surface area contributed by atoms with Crippen LogP contribution in [0.25, 0.3) is 11.1 Å². The summed E-state index contributed by atoms with van der Waals surface area (Å²) in [5.41, 5.74) is 9.86. The Morgan fingerprint density at radius 1 is 0.346 bits per heavy atom. The predicted octanol–water partition coefficient (Wildman–Crippen LogP) is 11.7. The van der Waals surface area contributed by atoms with Crippen LogP contribution in [0, 0.1) is 0 Å². The maximum Gasteiger partial charge on any atom is 0.119 e. The van der Waals surface area contributed by atoms with E-state index in [1.807, 2.05) is 121 Å². The fourth-order valence-electron chi connectivity index (χ4n) is 5.55. The van der Waals surface area contributed by atoms with E-state index in [-0.39, 0.29) is 0 Å². The molecule has 52 heavy (non-hydrogen) atoms. The molecule has 0 aromatic heterocycles. The van der Waals surface area contributed by atoms with Crippen molar-refractivity contribution < 1.29 is 9.47 Å². The molecule has 0 atom stereocenters. The highest BCUT2D eigenvalue weighted by molar-refractivity contribution is 6.00. The lowest BCUT2D eigenvalue weighted by Gasteiger charge is -2.11. The Kier molecular flexibility index (Phi) is 11.0. The predicted molar refractivity (Wildman–Crippen MR) is 213 cm³/mol. The first kappa shape index (κ1) is 33.5. The summed E-state index contributed by atoms with van der Waals surface area (Å²) in [6.07, 6.45) is 0. The normalized spacial score (nSPS) is 10.3. The van der Waals surface area contributed by atoms with Crippen molar-refractivity contribution in [3.8, 4) is 11.5 Å². The van der Waals surface area contributed by atoms with E-state index in [0.29, 0.717) is 13.2 Å². The van der Waals surface area contributed by atoms with Crippen LogP contribution in [0.3, 0.4) is 0 Å². The minimum Gasteiger partial charge on any atom is -0.489 e. The number of hydrogen-bond acceptors (Lipinski definition) is 4. The van der Waals surface area contributed by atoms with Gasteiger partial charge in [0, 0.05) is 0 Å². The molecule has 250 valence electrons. The number of aliphatic imine (C=N–C) groups is 2. The Labute approximate surface area is 305 Å². The van der Waals surface area contributed by atoms with Gasteiger partial charge in [-0.15, -0.1) is 0 Å². The SMILES string of the molecule is C(=Nc1ccccc1)=C(c1ccccc1)c1ccc(OCc2ccc(COc3ccc(C(=C=Nc4ccccc4)c4ccccc4)cc3)cc2)cc1. The van der Waals surface area contributed by atoms with Crippen LogP contribution in [0.5, 0.6) is 11.5 Å². The van der Waals surface area contributed by atoms with Gasteiger partial charge in [-0.25, -0.2) is 9.98 Å². The van der Waals surface area contributed by atoms with Crippen LogP contribution in [0.2, 0.25) is 0 Å². The number of ether oxygens (including phenoxy) is 2. The number of benzene rings is 7. The van der Waals surface area contributed by atoms with Crippen molar-refractivity contribution in [1.29, 1.82) is 0 Å². The average molecular weight is 673 g/mol. The highest BCUT2D eigenvalue weighted by Crippen LogP contribution is 2.26. The summed E-state index contributed by atoms with van der Waals surface area (Å²) in [6, 6.07) is 64.6. The van der Waals surface area contributed by atoms with Gasteiger partial charge in [-0.2, -0.15) is 0 Å². The van der Waals surface area contributed by atoms with Crippen LogP contribution in [-0.4, -0.2) is 11.7 Å². The molecule has 0 saturated heterocycles. The number of rotatable bonds is 12. The minimum atomic E-state index is 0.462. The van der Waals surface area contributed by atoms with E-state index in [0.717, 1.165) is 67.4 Å². The lowest BCUT2D eigenvalue weighted by Crippen LogP contribution is -1.98. The van der Waals surface area contributed by atoms with Crippen LogP contribution in [0.1, 0.15) is 33.4 Å². The molecule has 0 aliphatic heterocycles. The molecule has 4 nitrogen and oxygen atoms in total. The fraction of sp³-hybridized carbons (Fsp3) is 0.0417. The van der Waals surface area contributed by atoms with Gasteiger partial charge in [-0.1, -0.05) is 121 Å². The van der Waals surface area contributed by atoms with Gasteiger partial charge in [-0.3, -0.25) is 0 Å². The quantitative estimate of drug-likeness (QED) is 0.121. The third-order valence-electron chi connectivity index (χ3n) is 8.35. The first-order valence-corrected chi connectivity index (χ1v) is 17.2. The Morgan fingerprint density at radius 3 is 1.00 bits per heavy atom. The maximum atomic E-state index is 6.14. The second-order valence-electron chi connectivity index (χ2n) is 12.0. The number of nitrogens with zero attached hydrogens (tertiary/aromatic N) is 2.